The molecule has 0 bridgehead atoms. The van der Waals surface area contributed by atoms with Crippen molar-refractivity contribution >= 4 is 111 Å². The molecule has 0 radical (unpaired) electrons. The molecule has 6 aliphatic rings. The molecule has 0 unspecified atom stereocenters. The quantitative estimate of drug-likeness (QED) is 0.0341. The fraction of sp³-hybridized carbons (Fsp3) is 0.306. The first-order chi connectivity index (χ1) is 61.9. The van der Waals surface area contributed by atoms with Gasteiger partial charge in [0.2, 0.25) is 0 Å². The first-order valence-electron chi connectivity index (χ1n) is 43.0. The van der Waals surface area contributed by atoms with E-state index in [9.17, 15) is 46.7 Å². The molecule has 666 valence electrons. The number of sulfonamides is 2. The maximum absolute atomic E-state index is 14.1. The molecule has 27 nitrogen and oxygen atoms in total. The summed E-state index contributed by atoms with van der Waals surface area (Å²) in [5.74, 6) is -0.574. The van der Waals surface area contributed by atoms with Crippen molar-refractivity contribution in [3.63, 3.8) is 0 Å². The zero-order valence-corrected chi connectivity index (χ0v) is 75.3. The Labute approximate surface area is 757 Å². The third-order valence-electron chi connectivity index (χ3n) is 25.4. The van der Waals surface area contributed by atoms with Crippen LogP contribution >= 0.6 is 23.2 Å². The van der Waals surface area contributed by atoms with Crippen molar-refractivity contribution in [2.45, 2.75) is 108 Å². The Hall–Kier alpha value is -12.6. The van der Waals surface area contributed by atoms with Gasteiger partial charge in [-0.25, -0.2) is 36.2 Å². The molecule has 0 spiro atoms. The lowest BCUT2D eigenvalue weighted by Gasteiger charge is -2.39. The number of ether oxygens (including phenoxy) is 5. The van der Waals surface area contributed by atoms with E-state index in [0.717, 1.165) is 152 Å². The molecule has 4 aromatic heterocycles. The molecule has 0 saturated carbocycles. The number of pyridine rings is 2. The number of fused-ring (bicyclic) bond motifs is 4. The number of aryl methyl sites for hydroxylation is 1. The lowest BCUT2D eigenvalue weighted by Crippen LogP contribution is -2.47. The van der Waals surface area contributed by atoms with Crippen LogP contribution in [0.5, 0.6) is 40.2 Å². The van der Waals surface area contributed by atoms with Gasteiger partial charge in [-0.2, -0.15) is 0 Å². The summed E-state index contributed by atoms with van der Waals surface area (Å²) in [6, 6.07) is 53.3. The van der Waals surface area contributed by atoms with Gasteiger partial charge in [-0.1, -0.05) is 128 Å². The number of allylic oxidation sites excluding steroid dienone is 2. The van der Waals surface area contributed by atoms with Gasteiger partial charge in [-0.05, 0) is 187 Å². The number of anilines is 2. The number of benzene rings is 8. The van der Waals surface area contributed by atoms with E-state index in [-0.39, 0.29) is 88.4 Å². The second-order valence-corrected chi connectivity index (χ2v) is 39.7. The number of nitrogens with one attached hydrogen (secondary N) is 4. The Kier molecular flexibility index (Phi) is 25.2. The first kappa shape index (κ1) is 88.4. The molecule has 2 amide bonds. The summed E-state index contributed by atoms with van der Waals surface area (Å²) in [6.07, 6.45) is 13.5. The third-order valence-corrected chi connectivity index (χ3v) is 28.5. The number of halogens is 2. The predicted octanol–water partition coefficient (Wildman–Crippen LogP) is 19.4. The number of nitro groups is 2. The molecule has 8 heterocycles. The van der Waals surface area contributed by atoms with E-state index < -0.39 is 62.9 Å². The van der Waals surface area contributed by atoms with Crippen LogP contribution in [0.1, 0.15) is 138 Å². The van der Waals surface area contributed by atoms with E-state index in [0.29, 0.717) is 47.2 Å². The number of nitro benzene ring substituents is 2. The Morgan fingerprint density at radius 3 is 1.32 bits per heavy atom. The number of methoxy groups -OCH3 is 1. The number of carbonyl (C=O) groups is 2. The van der Waals surface area contributed by atoms with E-state index in [1.807, 2.05) is 79.7 Å². The maximum Gasteiger partial charge on any atom is 0.277 e. The number of hydrogen-bond acceptors (Lipinski definition) is 21. The van der Waals surface area contributed by atoms with Gasteiger partial charge in [0.25, 0.3) is 43.2 Å². The zero-order valence-electron chi connectivity index (χ0n) is 72.2. The minimum atomic E-state index is -4.66. The number of aromatic nitrogens is 4. The molecular weight excluding hydrogens is 1720 g/mol. The molecule has 4 aliphatic heterocycles. The SMILES string of the molecule is COc1ccc([C@@H]2COc3cc(S(=O)(=O)NC(=O)c4ccc(N5CCN(CC6=C(c7ccc(Cl)cc7)CC(C)(C)CC6)CC5)cc4Oc4cnc5[nH]ccc5c4)cc([N+](=O)[O-])c3C2)cc1.Cc1ccc([C@@H]2COc3cc(S(=O)(=O)NC(=O)c4ccc(N5CCN(CC6=C(c7ccc(Cl)cc7)CC(C)(C)CC6)CC5)cc4Oc4cnc5[nH]ccc5c4)cc([N+](=O)[O-])c3C2)cc1. The maximum atomic E-state index is 14.1. The number of H-pyrrole nitrogens is 2. The van der Waals surface area contributed by atoms with Crippen LogP contribution in [0.4, 0.5) is 22.7 Å². The highest BCUT2D eigenvalue weighted by atomic mass is 35.5. The first-order valence-corrected chi connectivity index (χ1v) is 46.7. The van der Waals surface area contributed by atoms with Crippen LogP contribution in [-0.2, 0) is 32.9 Å². The van der Waals surface area contributed by atoms with E-state index in [4.69, 9.17) is 46.9 Å². The fourth-order valence-corrected chi connectivity index (χ4v) is 20.3. The molecule has 12 aromatic rings. The Bertz CT molecular complexity index is 6630. The summed E-state index contributed by atoms with van der Waals surface area (Å²) in [4.78, 5) is 75.1. The summed E-state index contributed by atoms with van der Waals surface area (Å²) in [5.41, 5.74) is 14.1. The average Bonchev–Trinajstić information content (AvgIpc) is 1.65. The fourth-order valence-electron chi connectivity index (χ4n) is 18.1. The normalized spacial score (nSPS) is 17.7. The molecule has 129 heavy (non-hydrogen) atoms. The number of nitrogens with zero attached hydrogens (tertiary/aromatic N) is 8. The standard InChI is InChI=1S/C49H49ClN6O8S.C49H49ClN6O7S/c1-49(2)16-14-34(43(27-49)32-4-8-36(50)9-5-32)29-54-18-20-55(21-19-54)37-10-13-41(46(24-37)64-39-22-33-15-17-51-47(33)52-28-39)48(57)53-65(60,61)40-25-44(56(58)59)42-23-35(30-63-45(42)26-40)31-6-11-38(62-3)12-7-31;1-31-4-6-32(7-5-31)36-23-42-44(56(58)59)25-40(26-45(42)62-30-36)64(60,61)53-48(57)41-13-12-38(24-46(41)63-39-22-34-15-17-51-47(34)52-28-39)55-20-18-54(19-21-55)29-35-14-16-49(2,3)27-43(35)33-8-10-37(50)11-9-33/h4-13,15,17,22,24-26,28,35H,14,16,18-21,23,27,29-30H2,1-3H3,(H,51,52)(H,53,57);4-13,15,17,22,24-26,28,36H,14,16,18-21,23,27,29-30H2,1-3H3,(H,51,52)(H,53,57)/t35-;36-/m00/s1. The molecule has 4 N–H and O–H groups in total. The van der Waals surface area contributed by atoms with Crippen LogP contribution in [0.2, 0.25) is 10.0 Å². The van der Waals surface area contributed by atoms with Gasteiger partial charge in [-0.15, -0.1) is 0 Å². The van der Waals surface area contributed by atoms with Gasteiger partial charge in [0.1, 0.15) is 51.5 Å². The van der Waals surface area contributed by atoms with Crippen molar-refractivity contribution < 1.29 is 60.0 Å². The number of carbonyl (C=O) groups excluding carboxylic acids is 2. The van der Waals surface area contributed by atoms with E-state index in [1.165, 1.54) is 64.0 Å². The highest BCUT2D eigenvalue weighted by Gasteiger charge is 2.38. The third kappa shape index (κ3) is 20.1. The molecule has 8 aromatic carbocycles. The van der Waals surface area contributed by atoms with Crippen molar-refractivity contribution in [3.8, 4) is 40.2 Å². The molecule has 18 rings (SSSR count). The summed E-state index contributed by atoms with van der Waals surface area (Å²) in [6.45, 7) is 19.5. The molecule has 2 fully saturated rings. The highest BCUT2D eigenvalue weighted by molar-refractivity contribution is 7.90. The average molecular weight is 1820 g/mol. The number of amides is 2. The van der Waals surface area contributed by atoms with E-state index in [1.54, 1.807) is 74.1 Å². The van der Waals surface area contributed by atoms with E-state index >= 15 is 0 Å². The topological polar surface area (TPSA) is 329 Å². The van der Waals surface area contributed by atoms with Gasteiger partial charge >= 0.3 is 0 Å². The summed E-state index contributed by atoms with van der Waals surface area (Å²) < 4.78 is 89.9. The summed E-state index contributed by atoms with van der Waals surface area (Å²) in [5, 5.41) is 27.8. The molecular formula is C98H98Cl2N12O15S2. The van der Waals surface area contributed by atoms with Crippen molar-refractivity contribution in [3.05, 3.63) is 298 Å². The highest BCUT2D eigenvalue weighted by Crippen LogP contribution is 2.48. The molecule has 2 aliphatic carbocycles. The van der Waals surface area contributed by atoms with Crippen LogP contribution in [0.25, 0.3) is 33.2 Å². The van der Waals surface area contributed by atoms with Crippen LogP contribution in [0, 0.1) is 38.0 Å². The van der Waals surface area contributed by atoms with Crippen molar-refractivity contribution in [2.75, 3.05) is 95.6 Å². The van der Waals surface area contributed by atoms with Gasteiger partial charge in [-0.3, -0.25) is 39.6 Å². The minimum absolute atomic E-state index is 0.0494. The number of hydrogen-bond donors (Lipinski definition) is 4. The van der Waals surface area contributed by atoms with Crippen LogP contribution in [0.15, 0.2) is 228 Å². The van der Waals surface area contributed by atoms with E-state index in [2.05, 4.69) is 101 Å². The van der Waals surface area contributed by atoms with Crippen LogP contribution in [0.3, 0.4) is 0 Å². The lowest BCUT2D eigenvalue weighted by molar-refractivity contribution is -0.386. The second-order valence-electron chi connectivity index (χ2n) is 35.5. The van der Waals surface area contributed by atoms with Crippen molar-refractivity contribution in [1.29, 1.82) is 0 Å². The van der Waals surface area contributed by atoms with Crippen LogP contribution in [-0.4, -0.2) is 154 Å². The van der Waals surface area contributed by atoms with Crippen LogP contribution < -0.4 is 42.9 Å². The molecule has 2 atom stereocenters. The molecule has 31 heteroatoms. The zero-order chi connectivity index (χ0) is 90.2. The summed E-state index contributed by atoms with van der Waals surface area (Å²) in [7, 11) is -7.73. The number of rotatable bonds is 23. The van der Waals surface area contributed by atoms with Gasteiger partial charge in [0.15, 0.2) is 0 Å². The monoisotopic (exact) mass is 1820 g/mol. The minimum Gasteiger partial charge on any atom is -0.497 e. The largest absolute Gasteiger partial charge is 0.497 e. The Balaban J connectivity index is 0.000000181. The van der Waals surface area contributed by atoms with Crippen molar-refractivity contribution in [1.82, 2.24) is 39.2 Å². The van der Waals surface area contributed by atoms with Gasteiger partial charge in [0.05, 0.1) is 74.6 Å². The smallest absolute Gasteiger partial charge is 0.277 e. The van der Waals surface area contributed by atoms with Gasteiger partial charge < -0.3 is 43.5 Å². The Morgan fingerprint density at radius 1 is 0.519 bits per heavy atom. The second kappa shape index (κ2) is 36.8. The predicted molar refractivity (Wildman–Crippen MR) is 498 cm³/mol. The Morgan fingerprint density at radius 2 is 0.922 bits per heavy atom. The summed E-state index contributed by atoms with van der Waals surface area (Å²) >= 11 is 12.5. The molecule has 2 saturated heterocycles. The van der Waals surface area contributed by atoms with Gasteiger partial charge in [0, 0.05) is 158 Å². The number of piperazine rings is 2. The number of aromatic amines is 2. The lowest BCUT2D eigenvalue weighted by atomic mass is 9.72. The van der Waals surface area contributed by atoms with Crippen molar-refractivity contribution in [2.24, 2.45) is 10.8 Å².